The number of nitrogens with one attached hydrogen (secondary N) is 2. The summed E-state index contributed by atoms with van der Waals surface area (Å²) in [7, 11) is 1.44. The highest BCUT2D eigenvalue weighted by molar-refractivity contribution is 5.93. The first-order chi connectivity index (χ1) is 14.0. The molecule has 1 heterocycles. The van der Waals surface area contributed by atoms with Crippen molar-refractivity contribution >= 4 is 23.5 Å². The molecule has 0 aromatic heterocycles. The van der Waals surface area contributed by atoms with E-state index in [0.717, 1.165) is 49.6 Å². The molecule has 29 heavy (non-hydrogen) atoms. The number of carbonyl (C=O) groups excluding carboxylic acids is 2. The number of carbonyl (C=O) groups is 2. The lowest BCUT2D eigenvalue weighted by Crippen LogP contribution is -2.40. The normalized spacial score (nSPS) is 22.2. The Morgan fingerprint density at radius 2 is 2.07 bits per heavy atom. The number of anilines is 1. The van der Waals surface area contributed by atoms with Crippen molar-refractivity contribution in [3.05, 3.63) is 29.8 Å². The molecule has 0 bridgehead atoms. The summed E-state index contributed by atoms with van der Waals surface area (Å²) < 4.78 is 4.94. The van der Waals surface area contributed by atoms with Gasteiger partial charge in [0.15, 0.2) is 5.96 Å². The lowest BCUT2D eigenvalue weighted by Gasteiger charge is -2.24. The number of guanidine groups is 1. The molecule has 7 nitrogen and oxygen atoms in total. The maximum atomic E-state index is 12.2. The van der Waals surface area contributed by atoms with Gasteiger partial charge in [0.05, 0.1) is 19.6 Å². The summed E-state index contributed by atoms with van der Waals surface area (Å²) in [5.41, 5.74) is 1.85. The minimum atomic E-state index is -0.161. The Morgan fingerprint density at radius 3 is 2.72 bits per heavy atom. The largest absolute Gasteiger partial charge is 0.469 e. The molecule has 1 amide bonds. The minimum absolute atomic E-state index is 0.116. The Hall–Kier alpha value is -2.57. The average molecular weight is 401 g/mol. The molecule has 0 spiro atoms. The zero-order valence-corrected chi connectivity index (χ0v) is 17.6. The molecular formula is C22H32N4O3. The van der Waals surface area contributed by atoms with Crippen LogP contribution in [0.25, 0.3) is 0 Å². The first kappa shape index (κ1) is 21.1. The van der Waals surface area contributed by atoms with E-state index in [2.05, 4.69) is 22.5 Å². The number of nitrogens with zero attached hydrogens (tertiary/aromatic N) is 2. The lowest BCUT2D eigenvalue weighted by molar-refractivity contribution is -0.146. The number of hydrogen-bond donors (Lipinski definition) is 2. The lowest BCUT2D eigenvalue weighted by atomic mass is 9.85. The van der Waals surface area contributed by atoms with Gasteiger partial charge in [0.2, 0.25) is 5.91 Å². The van der Waals surface area contributed by atoms with Gasteiger partial charge in [-0.1, -0.05) is 25.5 Å². The van der Waals surface area contributed by atoms with E-state index in [0.29, 0.717) is 13.1 Å². The van der Waals surface area contributed by atoms with Crippen LogP contribution in [0.15, 0.2) is 29.3 Å². The van der Waals surface area contributed by atoms with Gasteiger partial charge in [-0.15, -0.1) is 0 Å². The standard InChI is InChI=1S/C22H32N4O3/c1-4-23-22(26-13-15(2)19(14-26)21(28)29-3)24-12-16-7-5-10-18(11-16)25-20(27)17-8-6-9-17/h5,7,10-11,15,17,19H,4,6,8-9,12-14H2,1-3H3,(H,23,24)(H,25,27). The number of rotatable bonds is 6. The van der Waals surface area contributed by atoms with Gasteiger partial charge in [0.1, 0.15) is 0 Å². The summed E-state index contributed by atoms with van der Waals surface area (Å²) in [6.07, 6.45) is 3.12. The van der Waals surface area contributed by atoms with Gasteiger partial charge in [-0.3, -0.25) is 9.59 Å². The van der Waals surface area contributed by atoms with Crippen molar-refractivity contribution in [2.75, 3.05) is 32.1 Å². The molecule has 1 aromatic rings. The van der Waals surface area contributed by atoms with Crippen LogP contribution < -0.4 is 10.6 Å². The number of amides is 1. The summed E-state index contributed by atoms with van der Waals surface area (Å²) in [5.74, 6) is 1.01. The highest BCUT2D eigenvalue weighted by Crippen LogP contribution is 2.28. The number of aliphatic imine (C=N–C) groups is 1. The quantitative estimate of drug-likeness (QED) is 0.436. The maximum Gasteiger partial charge on any atom is 0.310 e. The molecule has 0 radical (unpaired) electrons. The highest BCUT2D eigenvalue weighted by Gasteiger charge is 2.36. The monoisotopic (exact) mass is 400 g/mol. The number of methoxy groups -OCH3 is 1. The Balaban J connectivity index is 1.65. The number of esters is 1. The van der Waals surface area contributed by atoms with Gasteiger partial charge in [-0.05, 0) is 43.4 Å². The average Bonchev–Trinajstić information content (AvgIpc) is 3.05. The number of ether oxygens (including phenoxy) is 1. The van der Waals surface area contributed by atoms with Crippen LogP contribution in [0.1, 0.15) is 38.7 Å². The third kappa shape index (κ3) is 5.28. The van der Waals surface area contributed by atoms with Crippen LogP contribution in [-0.2, 0) is 20.9 Å². The second-order valence-electron chi connectivity index (χ2n) is 8.00. The van der Waals surface area contributed by atoms with Gasteiger partial charge in [-0.25, -0.2) is 4.99 Å². The van der Waals surface area contributed by atoms with E-state index in [1.165, 1.54) is 7.11 Å². The van der Waals surface area contributed by atoms with Crippen molar-refractivity contribution in [2.45, 2.75) is 39.7 Å². The van der Waals surface area contributed by atoms with Gasteiger partial charge in [0.25, 0.3) is 0 Å². The summed E-state index contributed by atoms with van der Waals surface area (Å²) in [6.45, 7) is 6.73. The minimum Gasteiger partial charge on any atom is -0.469 e. The molecule has 1 saturated heterocycles. The van der Waals surface area contributed by atoms with Crippen LogP contribution in [0.2, 0.25) is 0 Å². The number of likely N-dealkylation sites (tertiary alicyclic amines) is 1. The fourth-order valence-electron chi connectivity index (χ4n) is 3.85. The Kier molecular flexibility index (Phi) is 7.12. The molecule has 3 rings (SSSR count). The third-order valence-corrected chi connectivity index (χ3v) is 5.83. The molecule has 2 atom stereocenters. The van der Waals surface area contributed by atoms with Crippen molar-refractivity contribution in [2.24, 2.45) is 22.7 Å². The van der Waals surface area contributed by atoms with E-state index < -0.39 is 0 Å². The first-order valence-electron chi connectivity index (χ1n) is 10.5. The molecule has 2 unspecified atom stereocenters. The molecular weight excluding hydrogens is 368 g/mol. The van der Waals surface area contributed by atoms with E-state index >= 15 is 0 Å². The molecule has 158 valence electrons. The van der Waals surface area contributed by atoms with Crippen molar-refractivity contribution < 1.29 is 14.3 Å². The van der Waals surface area contributed by atoms with E-state index in [9.17, 15) is 9.59 Å². The maximum absolute atomic E-state index is 12.2. The molecule has 1 aliphatic heterocycles. The number of hydrogen-bond acceptors (Lipinski definition) is 4. The van der Waals surface area contributed by atoms with Crippen molar-refractivity contribution in [1.29, 1.82) is 0 Å². The smallest absolute Gasteiger partial charge is 0.310 e. The fourth-order valence-corrected chi connectivity index (χ4v) is 3.85. The van der Waals surface area contributed by atoms with Crippen LogP contribution in [-0.4, -0.2) is 49.5 Å². The van der Waals surface area contributed by atoms with Crippen molar-refractivity contribution in [1.82, 2.24) is 10.2 Å². The summed E-state index contributed by atoms with van der Waals surface area (Å²) in [6, 6.07) is 7.85. The number of benzene rings is 1. The molecule has 2 N–H and O–H groups in total. The third-order valence-electron chi connectivity index (χ3n) is 5.83. The molecule has 1 saturated carbocycles. The van der Waals surface area contributed by atoms with Crippen LogP contribution >= 0.6 is 0 Å². The van der Waals surface area contributed by atoms with Gasteiger partial charge in [-0.2, -0.15) is 0 Å². The van der Waals surface area contributed by atoms with Crippen LogP contribution in [0, 0.1) is 17.8 Å². The second kappa shape index (κ2) is 9.76. The zero-order valence-electron chi connectivity index (χ0n) is 17.6. The first-order valence-corrected chi connectivity index (χ1v) is 10.5. The Morgan fingerprint density at radius 1 is 1.28 bits per heavy atom. The van der Waals surface area contributed by atoms with Crippen LogP contribution in [0.5, 0.6) is 0 Å². The Labute approximate surface area is 172 Å². The summed E-state index contributed by atoms with van der Waals surface area (Å²) in [4.78, 5) is 31.1. The molecule has 2 aliphatic rings. The summed E-state index contributed by atoms with van der Waals surface area (Å²) >= 11 is 0. The van der Waals surface area contributed by atoms with Gasteiger partial charge < -0.3 is 20.3 Å². The molecule has 1 aliphatic carbocycles. The fraction of sp³-hybridized carbons (Fsp3) is 0.591. The van der Waals surface area contributed by atoms with Crippen molar-refractivity contribution in [3.63, 3.8) is 0 Å². The van der Waals surface area contributed by atoms with Gasteiger partial charge >= 0.3 is 5.97 Å². The topological polar surface area (TPSA) is 83.0 Å². The van der Waals surface area contributed by atoms with Crippen LogP contribution in [0.4, 0.5) is 5.69 Å². The van der Waals surface area contributed by atoms with Crippen molar-refractivity contribution in [3.8, 4) is 0 Å². The van der Waals surface area contributed by atoms with Crippen LogP contribution in [0.3, 0.4) is 0 Å². The second-order valence-corrected chi connectivity index (χ2v) is 8.00. The SMILES string of the molecule is CCNC(=NCc1cccc(NC(=O)C2CCC2)c1)N1CC(C)C(C(=O)OC)C1. The predicted octanol–water partition coefficient (Wildman–Crippen LogP) is 2.63. The summed E-state index contributed by atoms with van der Waals surface area (Å²) in [5, 5.41) is 6.34. The van der Waals surface area contributed by atoms with E-state index in [-0.39, 0.29) is 29.6 Å². The van der Waals surface area contributed by atoms with E-state index in [4.69, 9.17) is 9.73 Å². The Bertz CT molecular complexity index is 760. The van der Waals surface area contributed by atoms with E-state index in [1.807, 2.05) is 31.2 Å². The van der Waals surface area contributed by atoms with E-state index in [1.54, 1.807) is 0 Å². The molecule has 2 fully saturated rings. The highest BCUT2D eigenvalue weighted by atomic mass is 16.5. The molecule has 7 heteroatoms. The predicted molar refractivity (Wildman–Crippen MR) is 113 cm³/mol. The molecule has 1 aromatic carbocycles. The van der Waals surface area contributed by atoms with Gasteiger partial charge in [0, 0.05) is 31.2 Å². The zero-order chi connectivity index (χ0) is 20.8.